The molecule has 10 heteroatoms. The van der Waals surface area contributed by atoms with E-state index in [1.165, 1.54) is 30.7 Å². The minimum absolute atomic E-state index is 0.0813. The molecule has 0 N–H and O–H groups in total. The van der Waals surface area contributed by atoms with Gasteiger partial charge in [0.05, 0.1) is 19.2 Å². The number of sulfonamides is 1. The van der Waals surface area contributed by atoms with Crippen LogP contribution in [0.3, 0.4) is 0 Å². The molecule has 7 nitrogen and oxygen atoms in total. The second kappa shape index (κ2) is 9.80. The van der Waals surface area contributed by atoms with Crippen LogP contribution in [-0.2, 0) is 32.5 Å². The van der Waals surface area contributed by atoms with Crippen LogP contribution in [0.1, 0.15) is 59.3 Å². The van der Waals surface area contributed by atoms with Gasteiger partial charge in [-0.25, -0.2) is 13.2 Å². The number of esters is 1. The van der Waals surface area contributed by atoms with Gasteiger partial charge in [0.15, 0.2) is 0 Å². The first kappa shape index (κ1) is 23.1. The number of ether oxygens (including phenoxy) is 1. The third kappa shape index (κ3) is 4.82. The van der Waals surface area contributed by atoms with Gasteiger partial charge in [-0.15, -0.1) is 11.3 Å². The zero-order valence-corrected chi connectivity index (χ0v) is 20.4. The van der Waals surface area contributed by atoms with Crippen LogP contribution < -0.4 is 0 Å². The Kier molecular flexibility index (Phi) is 7.30. The van der Waals surface area contributed by atoms with Crippen LogP contribution in [-0.4, -0.2) is 67.7 Å². The van der Waals surface area contributed by atoms with E-state index in [2.05, 4.69) is 0 Å². The number of amides is 1. The zero-order valence-electron chi connectivity index (χ0n) is 17.9. The fourth-order valence-corrected chi connectivity index (χ4v) is 9.37. The fourth-order valence-electron chi connectivity index (χ4n) is 4.75. The molecule has 1 aromatic rings. The third-order valence-corrected chi connectivity index (χ3v) is 11.1. The minimum Gasteiger partial charge on any atom is -0.465 e. The average molecular weight is 487 g/mol. The number of methoxy groups -OCH3 is 1. The Morgan fingerprint density at radius 2 is 1.81 bits per heavy atom. The smallest absolute Gasteiger partial charge is 0.340 e. The zero-order chi connectivity index (χ0) is 22.0. The molecule has 0 aromatic carbocycles. The summed E-state index contributed by atoms with van der Waals surface area (Å²) in [7, 11) is -2.49. The first-order valence-corrected chi connectivity index (χ1v) is 14.4. The second-order valence-corrected chi connectivity index (χ2v) is 12.9. The van der Waals surface area contributed by atoms with E-state index >= 15 is 0 Å². The quantitative estimate of drug-likeness (QED) is 0.595. The summed E-state index contributed by atoms with van der Waals surface area (Å²) < 4.78 is 33.2. The van der Waals surface area contributed by atoms with Crippen molar-refractivity contribution < 1.29 is 22.7 Å². The normalized spacial score (nSPS) is 21.0. The number of fused-ring (bicyclic) bond motifs is 1. The monoisotopic (exact) mass is 486 g/mol. The van der Waals surface area contributed by atoms with Gasteiger partial charge >= 0.3 is 5.97 Å². The molecule has 172 valence electrons. The lowest BCUT2D eigenvalue weighted by Crippen LogP contribution is -2.38. The number of thiophene rings is 1. The van der Waals surface area contributed by atoms with Gasteiger partial charge in [-0.2, -0.15) is 16.1 Å². The summed E-state index contributed by atoms with van der Waals surface area (Å²) in [6.07, 6.45) is 6.95. The van der Waals surface area contributed by atoms with E-state index in [9.17, 15) is 18.0 Å². The van der Waals surface area contributed by atoms with E-state index in [-0.39, 0.29) is 15.7 Å². The van der Waals surface area contributed by atoms with Gasteiger partial charge in [0.1, 0.15) is 4.21 Å². The molecule has 2 aliphatic heterocycles. The summed E-state index contributed by atoms with van der Waals surface area (Å²) in [5, 5.41) is 0. The number of rotatable bonds is 5. The minimum atomic E-state index is -3.77. The van der Waals surface area contributed by atoms with Gasteiger partial charge in [0, 0.05) is 42.4 Å². The molecule has 0 bridgehead atoms. The molecular formula is C21H30N2O5S3. The fraction of sp³-hybridized carbons (Fsp3) is 0.714. The van der Waals surface area contributed by atoms with Crippen LogP contribution in [0.15, 0.2) is 4.21 Å². The highest BCUT2D eigenvalue weighted by Gasteiger charge is 2.38. The molecule has 1 saturated heterocycles. The molecule has 0 radical (unpaired) electrons. The van der Waals surface area contributed by atoms with Gasteiger partial charge in [-0.3, -0.25) is 4.79 Å². The molecule has 0 unspecified atom stereocenters. The van der Waals surface area contributed by atoms with E-state index in [0.717, 1.165) is 46.1 Å². The summed E-state index contributed by atoms with van der Waals surface area (Å²) in [5.41, 5.74) is 0.920. The Morgan fingerprint density at radius 1 is 1.10 bits per heavy atom. The van der Waals surface area contributed by atoms with Gasteiger partial charge < -0.3 is 9.64 Å². The molecule has 1 saturated carbocycles. The van der Waals surface area contributed by atoms with Gasteiger partial charge in [-0.05, 0) is 30.7 Å². The number of carbonyl (C=O) groups excluding carboxylic acids is 2. The van der Waals surface area contributed by atoms with Crippen molar-refractivity contribution in [2.24, 2.45) is 5.92 Å². The van der Waals surface area contributed by atoms with Crippen LogP contribution >= 0.6 is 23.1 Å². The Labute approximate surface area is 192 Å². The van der Waals surface area contributed by atoms with Crippen molar-refractivity contribution in [2.45, 2.75) is 55.7 Å². The molecule has 1 amide bonds. The van der Waals surface area contributed by atoms with E-state index in [1.807, 2.05) is 4.90 Å². The molecule has 1 aliphatic carbocycles. The van der Waals surface area contributed by atoms with Crippen molar-refractivity contribution in [1.82, 2.24) is 9.21 Å². The SMILES string of the molecule is COC(=O)c1c(S(=O)(=O)N2CCSCC2)sc2c1CCN(C(=O)CC1CCCCC1)C2. The molecular weight excluding hydrogens is 456 g/mol. The molecule has 0 spiro atoms. The Morgan fingerprint density at radius 3 is 2.48 bits per heavy atom. The molecule has 0 atom stereocenters. The standard InChI is InChI=1S/C21H30N2O5S3/c1-28-20(25)19-16-7-8-22(18(24)13-15-5-3-2-4-6-15)14-17(16)30-21(19)31(26,27)23-9-11-29-12-10-23/h15H,2-14H2,1H3. The lowest BCUT2D eigenvalue weighted by atomic mass is 9.86. The third-order valence-electron chi connectivity index (χ3n) is 6.50. The van der Waals surface area contributed by atoms with Crippen molar-refractivity contribution in [1.29, 1.82) is 0 Å². The predicted molar refractivity (Wildman–Crippen MR) is 122 cm³/mol. The Bertz CT molecular complexity index is 931. The van der Waals surface area contributed by atoms with E-state index in [0.29, 0.717) is 44.9 Å². The van der Waals surface area contributed by atoms with Crippen LogP contribution in [0, 0.1) is 5.92 Å². The lowest BCUT2D eigenvalue weighted by Gasteiger charge is -2.30. The molecule has 31 heavy (non-hydrogen) atoms. The van der Waals surface area contributed by atoms with Crippen molar-refractivity contribution in [3.05, 3.63) is 16.0 Å². The van der Waals surface area contributed by atoms with Crippen molar-refractivity contribution in [3.8, 4) is 0 Å². The molecule has 4 rings (SSSR count). The van der Waals surface area contributed by atoms with Crippen LogP contribution in [0.4, 0.5) is 0 Å². The highest BCUT2D eigenvalue weighted by molar-refractivity contribution is 7.99. The van der Waals surface area contributed by atoms with Crippen LogP contribution in [0.5, 0.6) is 0 Å². The maximum atomic E-state index is 13.4. The lowest BCUT2D eigenvalue weighted by molar-refractivity contribution is -0.133. The van der Waals surface area contributed by atoms with E-state index in [4.69, 9.17) is 4.74 Å². The molecule has 1 aromatic heterocycles. The summed E-state index contributed by atoms with van der Waals surface area (Å²) in [6.45, 7) is 1.78. The number of carbonyl (C=O) groups is 2. The highest BCUT2D eigenvalue weighted by atomic mass is 32.2. The second-order valence-electron chi connectivity index (χ2n) is 8.45. The molecule has 3 heterocycles. The van der Waals surface area contributed by atoms with Crippen molar-refractivity contribution in [2.75, 3.05) is 38.2 Å². The van der Waals surface area contributed by atoms with Gasteiger partial charge in [0.25, 0.3) is 10.0 Å². The van der Waals surface area contributed by atoms with Crippen molar-refractivity contribution in [3.63, 3.8) is 0 Å². The number of nitrogens with zero attached hydrogens (tertiary/aromatic N) is 2. The molecule has 2 fully saturated rings. The first-order chi connectivity index (χ1) is 14.9. The van der Waals surface area contributed by atoms with Crippen LogP contribution in [0.2, 0.25) is 0 Å². The van der Waals surface area contributed by atoms with Gasteiger partial charge in [-0.1, -0.05) is 19.3 Å². The number of hydrogen-bond acceptors (Lipinski definition) is 7. The summed E-state index contributed by atoms with van der Waals surface area (Å²) in [5.74, 6) is 1.50. The maximum Gasteiger partial charge on any atom is 0.340 e. The molecule has 3 aliphatic rings. The first-order valence-electron chi connectivity index (χ1n) is 11.0. The highest BCUT2D eigenvalue weighted by Crippen LogP contribution is 2.39. The number of thioether (sulfide) groups is 1. The van der Waals surface area contributed by atoms with Crippen LogP contribution in [0.25, 0.3) is 0 Å². The van der Waals surface area contributed by atoms with E-state index in [1.54, 1.807) is 11.8 Å². The summed E-state index contributed by atoms with van der Waals surface area (Å²) in [6, 6.07) is 0. The summed E-state index contributed by atoms with van der Waals surface area (Å²) >= 11 is 2.87. The topological polar surface area (TPSA) is 84.0 Å². The van der Waals surface area contributed by atoms with Crippen molar-refractivity contribution >= 4 is 45.0 Å². The average Bonchev–Trinajstić information content (AvgIpc) is 3.19. The maximum absolute atomic E-state index is 13.4. The predicted octanol–water partition coefficient (Wildman–Crippen LogP) is 3.13. The largest absolute Gasteiger partial charge is 0.465 e. The summed E-state index contributed by atoms with van der Waals surface area (Å²) in [4.78, 5) is 28.1. The Balaban J connectivity index is 1.59. The van der Waals surface area contributed by atoms with Gasteiger partial charge in [0.2, 0.25) is 5.91 Å². The number of hydrogen-bond donors (Lipinski definition) is 0. The Hall–Kier alpha value is -1.10. The van der Waals surface area contributed by atoms with E-state index < -0.39 is 16.0 Å².